The molecule has 0 aromatic heterocycles. The first-order chi connectivity index (χ1) is 12.4. The van der Waals surface area contributed by atoms with Gasteiger partial charge in [0.25, 0.3) is 5.91 Å². The summed E-state index contributed by atoms with van der Waals surface area (Å²) in [6.07, 6.45) is 2.57. The number of amides is 2. The molecule has 26 heavy (non-hydrogen) atoms. The Morgan fingerprint density at radius 1 is 1.27 bits per heavy atom. The number of hydrogen-bond donors (Lipinski definition) is 0. The quantitative estimate of drug-likeness (QED) is 0.831. The van der Waals surface area contributed by atoms with Gasteiger partial charge in [-0.25, -0.2) is 0 Å². The van der Waals surface area contributed by atoms with Gasteiger partial charge < -0.3 is 14.5 Å². The predicted octanol–water partition coefficient (Wildman–Crippen LogP) is 2.93. The van der Waals surface area contributed by atoms with Crippen LogP contribution < -0.4 is 0 Å². The highest BCUT2D eigenvalue weighted by atomic mass is 16.5. The zero-order valence-corrected chi connectivity index (χ0v) is 16.3. The molecule has 2 heterocycles. The summed E-state index contributed by atoms with van der Waals surface area (Å²) in [6, 6.07) is 7.55. The maximum atomic E-state index is 13.3. The molecule has 1 aromatic rings. The highest BCUT2D eigenvalue weighted by Crippen LogP contribution is 2.39. The molecule has 0 radical (unpaired) electrons. The first-order valence-electron chi connectivity index (χ1n) is 9.64. The van der Waals surface area contributed by atoms with Crippen molar-refractivity contribution in [2.45, 2.75) is 52.2 Å². The monoisotopic (exact) mass is 358 g/mol. The van der Waals surface area contributed by atoms with Gasteiger partial charge in [0, 0.05) is 20.1 Å². The van der Waals surface area contributed by atoms with Gasteiger partial charge in [-0.15, -0.1) is 0 Å². The van der Waals surface area contributed by atoms with E-state index in [1.54, 1.807) is 11.9 Å². The van der Waals surface area contributed by atoms with Gasteiger partial charge in [-0.05, 0) is 42.7 Å². The van der Waals surface area contributed by atoms with Crippen LogP contribution in [-0.4, -0.2) is 54.5 Å². The molecule has 3 rings (SSSR count). The molecule has 0 bridgehead atoms. The number of ether oxygens (including phenoxy) is 1. The Morgan fingerprint density at radius 3 is 2.58 bits per heavy atom. The standard InChI is InChI=1S/C21H30N2O3/c1-5-21(6-2)11-12-23(14-21)20(25)19-18(22(4)17(24)13-26-19)16-10-8-7-9-15(16)3/h7-10,18-19H,5-6,11-14H2,1-4H3/t18-,19+/m1/s1. The van der Waals surface area contributed by atoms with E-state index in [0.717, 1.165) is 43.5 Å². The summed E-state index contributed by atoms with van der Waals surface area (Å²) in [4.78, 5) is 29.2. The molecule has 0 N–H and O–H groups in total. The largest absolute Gasteiger partial charge is 0.356 e. The van der Waals surface area contributed by atoms with Crippen molar-refractivity contribution < 1.29 is 14.3 Å². The Morgan fingerprint density at radius 2 is 1.96 bits per heavy atom. The number of hydrogen-bond acceptors (Lipinski definition) is 3. The molecule has 2 atom stereocenters. The summed E-state index contributed by atoms with van der Waals surface area (Å²) in [5.74, 6) is -0.0680. The Hall–Kier alpha value is -1.88. The van der Waals surface area contributed by atoms with E-state index < -0.39 is 6.10 Å². The lowest BCUT2D eigenvalue weighted by Gasteiger charge is -2.40. The van der Waals surface area contributed by atoms with E-state index in [9.17, 15) is 9.59 Å². The van der Waals surface area contributed by atoms with Crippen molar-refractivity contribution in [2.24, 2.45) is 5.41 Å². The van der Waals surface area contributed by atoms with Crippen LogP contribution in [0.4, 0.5) is 0 Å². The van der Waals surface area contributed by atoms with E-state index in [2.05, 4.69) is 13.8 Å². The third-order valence-electron chi connectivity index (χ3n) is 6.48. The first kappa shape index (κ1) is 18.9. The zero-order chi connectivity index (χ0) is 18.9. The van der Waals surface area contributed by atoms with Crippen LogP contribution >= 0.6 is 0 Å². The van der Waals surface area contributed by atoms with Crippen molar-refractivity contribution in [1.29, 1.82) is 0 Å². The minimum atomic E-state index is -0.636. The average molecular weight is 358 g/mol. The molecule has 2 saturated heterocycles. The molecule has 5 nitrogen and oxygen atoms in total. The third kappa shape index (κ3) is 3.25. The molecule has 5 heteroatoms. The molecule has 0 unspecified atom stereocenters. The van der Waals surface area contributed by atoms with Gasteiger partial charge in [0.1, 0.15) is 6.61 Å². The molecule has 0 aliphatic carbocycles. The molecule has 2 fully saturated rings. The van der Waals surface area contributed by atoms with Crippen LogP contribution in [0.15, 0.2) is 24.3 Å². The lowest BCUT2D eigenvalue weighted by molar-refractivity contribution is -0.167. The number of nitrogens with zero attached hydrogens (tertiary/aromatic N) is 2. The lowest BCUT2D eigenvalue weighted by atomic mass is 9.82. The van der Waals surface area contributed by atoms with Crippen molar-refractivity contribution in [3.05, 3.63) is 35.4 Å². The van der Waals surface area contributed by atoms with Gasteiger partial charge in [-0.3, -0.25) is 9.59 Å². The number of likely N-dealkylation sites (N-methyl/N-ethyl adjacent to an activating group) is 1. The van der Waals surface area contributed by atoms with Crippen LogP contribution in [0.1, 0.15) is 50.3 Å². The minimum absolute atomic E-state index is 0.0152. The first-order valence-corrected chi connectivity index (χ1v) is 9.64. The lowest BCUT2D eigenvalue weighted by Crippen LogP contribution is -2.53. The number of carbonyl (C=O) groups is 2. The second kappa shape index (κ2) is 7.39. The van der Waals surface area contributed by atoms with Crippen LogP contribution in [0.2, 0.25) is 0 Å². The SMILES string of the molecule is CCC1(CC)CCN(C(=O)[C@H]2OCC(=O)N(C)[C@@H]2c2ccccc2C)C1. The Labute approximate surface area is 156 Å². The molecule has 142 valence electrons. The van der Waals surface area contributed by atoms with Gasteiger partial charge in [-0.2, -0.15) is 0 Å². The van der Waals surface area contributed by atoms with E-state index in [0.29, 0.717) is 0 Å². The third-order valence-corrected chi connectivity index (χ3v) is 6.48. The predicted molar refractivity (Wildman–Crippen MR) is 101 cm³/mol. The van der Waals surface area contributed by atoms with E-state index in [1.807, 2.05) is 36.1 Å². The molecule has 2 amide bonds. The molecule has 2 aliphatic heterocycles. The number of aryl methyl sites for hydroxylation is 1. The fourth-order valence-corrected chi connectivity index (χ4v) is 4.34. The van der Waals surface area contributed by atoms with Gasteiger partial charge >= 0.3 is 0 Å². The number of likely N-dealkylation sites (tertiary alicyclic amines) is 1. The normalized spacial score (nSPS) is 25.6. The van der Waals surface area contributed by atoms with Gasteiger partial charge in [-0.1, -0.05) is 38.1 Å². The van der Waals surface area contributed by atoms with Crippen molar-refractivity contribution in [2.75, 3.05) is 26.7 Å². The van der Waals surface area contributed by atoms with Crippen molar-refractivity contribution in [3.8, 4) is 0 Å². The summed E-state index contributed by atoms with van der Waals surface area (Å²) in [7, 11) is 1.77. The highest BCUT2D eigenvalue weighted by Gasteiger charge is 2.45. The Balaban J connectivity index is 1.88. The van der Waals surface area contributed by atoms with E-state index >= 15 is 0 Å². The summed E-state index contributed by atoms with van der Waals surface area (Å²) in [6.45, 7) is 7.96. The van der Waals surface area contributed by atoms with Gasteiger partial charge in [0.15, 0.2) is 6.10 Å². The summed E-state index contributed by atoms with van der Waals surface area (Å²) in [5, 5.41) is 0. The van der Waals surface area contributed by atoms with E-state index in [4.69, 9.17) is 4.74 Å². The Kier molecular flexibility index (Phi) is 5.37. The molecular formula is C21H30N2O3. The smallest absolute Gasteiger partial charge is 0.254 e. The second-order valence-electron chi connectivity index (χ2n) is 7.75. The van der Waals surface area contributed by atoms with Gasteiger partial charge in [0.05, 0.1) is 6.04 Å². The topological polar surface area (TPSA) is 49.9 Å². The molecule has 0 spiro atoms. The Bertz CT molecular complexity index is 684. The van der Waals surface area contributed by atoms with Crippen LogP contribution in [0.5, 0.6) is 0 Å². The van der Waals surface area contributed by atoms with Crippen LogP contribution in [0.3, 0.4) is 0 Å². The van der Waals surface area contributed by atoms with Crippen LogP contribution in [0.25, 0.3) is 0 Å². The maximum absolute atomic E-state index is 13.3. The highest BCUT2D eigenvalue weighted by molar-refractivity contribution is 5.86. The zero-order valence-electron chi connectivity index (χ0n) is 16.3. The number of morpholine rings is 1. The average Bonchev–Trinajstić information content (AvgIpc) is 3.09. The van der Waals surface area contributed by atoms with E-state index in [-0.39, 0.29) is 29.9 Å². The number of benzene rings is 1. The van der Waals surface area contributed by atoms with Crippen molar-refractivity contribution in [1.82, 2.24) is 9.80 Å². The van der Waals surface area contributed by atoms with E-state index in [1.165, 1.54) is 0 Å². The fourth-order valence-electron chi connectivity index (χ4n) is 4.34. The van der Waals surface area contributed by atoms with Crippen LogP contribution in [-0.2, 0) is 14.3 Å². The molecule has 2 aliphatic rings. The molecular weight excluding hydrogens is 328 g/mol. The van der Waals surface area contributed by atoms with Crippen LogP contribution in [0, 0.1) is 12.3 Å². The molecule has 1 aromatic carbocycles. The van der Waals surface area contributed by atoms with Gasteiger partial charge in [0.2, 0.25) is 5.91 Å². The molecule has 0 saturated carbocycles. The maximum Gasteiger partial charge on any atom is 0.254 e. The summed E-state index contributed by atoms with van der Waals surface area (Å²) >= 11 is 0. The van der Waals surface area contributed by atoms with Crippen molar-refractivity contribution >= 4 is 11.8 Å². The number of rotatable bonds is 4. The second-order valence-corrected chi connectivity index (χ2v) is 7.75. The summed E-state index contributed by atoms with van der Waals surface area (Å²) in [5.41, 5.74) is 2.28. The minimum Gasteiger partial charge on any atom is -0.356 e. The summed E-state index contributed by atoms with van der Waals surface area (Å²) < 4.78 is 5.81. The number of carbonyl (C=O) groups excluding carboxylic acids is 2. The van der Waals surface area contributed by atoms with Crippen molar-refractivity contribution in [3.63, 3.8) is 0 Å². The fraction of sp³-hybridized carbons (Fsp3) is 0.619.